The largest absolute Gasteiger partial charge is 0.300 e. The van der Waals surface area contributed by atoms with Crippen LogP contribution in [0.25, 0.3) is 16.9 Å². The van der Waals surface area contributed by atoms with Crippen LogP contribution in [0.5, 0.6) is 0 Å². The standard InChI is InChI=1S/C12H8ClN3/c13-11-5-4-9(7-14-11)10-8-15-12-3-1-2-6-16(10)12/h1-8H. The highest BCUT2D eigenvalue weighted by Crippen LogP contribution is 2.20. The number of halogens is 1. The summed E-state index contributed by atoms with van der Waals surface area (Å²) in [5, 5.41) is 0.498. The molecule has 0 saturated heterocycles. The summed E-state index contributed by atoms with van der Waals surface area (Å²) in [5.74, 6) is 0. The Morgan fingerprint density at radius 3 is 2.75 bits per heavy atom. The highest BCUT2D eigenvalue weighted by Gasteiger charge is 2.04. The average Bonchev–Trinajstić information content (AvgIpc) is 2.74. The van der Waals surface area contributed by atoms with Gasteiger partial charge in [0.2, 0.25) is 0 Å². The monoisotopic (exact) mass is 229 g/mol. The van der Waals surface area contributed by atoms with Crippen molar-refractivity contribution in [1.82, 2.24) is 14.4 Å². The van der Waals surface area contributed by atoms with Crippen LogP contribution in [0.3, 0.4) is 0 Å². The molecule has 0 aliphatic carbocycles. The van der Waals surface area contributed by atoms with E-state index in [1.807, 2.05) is 41.1 Å². The fraction of sp³-hybridized carbons (Fsp3) is 0. The minimum absolute atomic E-state index is 0.498. The maximum Gasteiger partial charge on any atom is 0.137 e. The van der Waals surface area contributed by atoms with Gasteiger partial charge in [0.1, 0.15) is 10.8 Å². The van der Waals surface area contributed by atoms with Crippen molar-refractivity contribution in [3.8, 4) is 11.3 Å². The van der Waals surface area contributed by atoms with Crippen LogP contribution < -0.4 is 0 Å². The van der Waals surface area contributed by atoms with Gasteiger partial charge in [0, 0.05) is 18.0 Å². The lowest BCUT2D eigenvalue weighted by atomic mass is 10.2. The van der Waals surface area contributed by atoms with Gasteiger partial charge in [-0.3, -0.25) is 4.40 Å². The summed E-state index contributed by atoms with van der Waals surface area (Å²) in [4.78, 5) is 8.39. The lowest BCUT2D eigenvalue weighted by Gasteiger charge is -2.00. The smallest absolute Gasteiger partial charge is 0.137 e. The molecule has 0 saturated carbocycles. The number of fused-ring (bicyclic) bond motifs is 1. The van der Waals surface area contributed by atoms with E-state index in [1.54, 1.807) is 12.3 Å². The first-order valence-corrected chi connectivity index (χ1v) is 5.26. The van der Waals surface area contributed by atoms with Crippen molar-refractivity contribution < 1.29 is 0 Å². The van der Waals surface area contributed by atoms with Gasteiger partial charge in [-0.2, -0.15) is 0 Å². The van der Waals surface area contributed by atoms with E-state index in [1.165, 1.54) is 0 Å². The number of pyridine rings is 2. The summed E-state index contributed by atoms with van der Waals surface area (Å²) in [6, 6.07) is 9.62. The summed E-state index contributed by atoms with van der Waals surface area (Å²) < 4.78 is 2.02. The zero-order chi connectivity index (χ0) is 11.0. The number of nitrogens with zero attached hydrogens (tertiary/aromatic N) is 3. The molecule has 3 aromatic heterocycles. The normalized spacial score (nSPS) is 10.8. The van der Waals surface area contributed by atoms with Crippen molar-refractivity contribution in [2.75, 3.05) is 0 Å². The molecule has 0 fully saturated rings. The highest BCUT2D eigenvalue weighted by atomic mass is 35.5. The van der Waals surface area contributed by atoms with Crippen LogP contribution in [0.15, 0.2) is 48.9 Å². The van der Waals surface area contributed by atoms with E-state index < -0.39 is 0 Å². The van der Waals surface area contributed by atoms with E-state index in [2.05, 4.69) is 9.97 Å². The highest BCUT2D eigenvalue weighted by molar-refractivity contribution is 6.29. The number of hydrogen-bond acceptors (Lipinski definition) is 2. The van der Waals surface area contributed by atoms with E-state index in [-0.39, 0.29) is 0 Å². The number of hydrogen-bond donors (Lipinski definition) is 0. The molecular formula is C12H8ClN3. The Balaban J connectivity index is 2.22. The molecule has 4 heteroatoms. The first kappa shape index (κ1) is 9.36. The molecule has 0 atom stereocenters. The van der Waals surface area contributed by atoms with Gasteiger partial charge in [0.05, 0.1) is 11.9 Å². The van der Waals surface area contributed by atoms with Crippen LogP contribution in [0.4, 0.5) is 0 Å². The first-order valence-electron chi connectivity index (χ1n) is 4.88. The van der Waals surface area contributed by atoms with Gasteiger partial charge in [-0.25, -0.2) is 9.97 Å². The topological polar surface area (TPSA) is 30.2 Å². The van der Waals surface area contributed by atoms with Crippen molar-refractivity contribution in [1.29, 1.82) is 0 Å². The van der Waals surface area contributed by atoms with Gasteiger partial charge in [-0.05, 0) is 24.3 Å². The Morgan fingerprint density at radius 1 is 1.00 bits per heavy atom. The molecule has 3 rings (SSSR count). The summed E-state index contributed by atoms with van der Waals surface area (Å²) in [5.41, 5.74) is 2.94. The van der Waals surface area contributed by atoms with Gasteiger partial charge in [0.15, 0.2) is 0 Å². The molecule has 0 aromatic carbocycles. The van der Waals surface area contributed by atoms with E-state index in [9.17, 15) is 0 Å². The minimum atomic E-state index is 0.498. The van der Waals surface area contributed by atoms with E-state index in [4.69, 9.17) is 11.6 Å². The van der Waals surface area contributed by atoms with Crippen LogP contribution in [-0.4, -0.2) is 14.4 Å². The van der Waals surface area contributed by atoms with Crippen molar-refractivity contribution >= 4 is 17.2 Å². The molecule has 0 aliphatic heterocycles. The molecule has 0 bridgehead atoms. The molecule has 0 unspecified atom stereocenters. The Kier molecular flexibility index (Phi) is 2.11. The number of rotatable bonds is 1. The van der Waals surface area contributed by atoms with Gasteiger partial charge >= 0.3 is 0 Å². The Hall–Kier alpha value is -1.87. The molecular weight excluding hydrogens is 222 g/mol. The van der Waals surface area contributed by atoms with Gasteiger partial charge in [0.25, 0.3) is 0 Å². The Labute approximate surface area is 97.3 Å². The molecule has 3 aromatic rings. The fourth-order valence-electron chi connectivity index (χ4n) is 1.67. The van der Waals surface area contributed by atoms with Crippen LogP contribution >= 0.6 is 11.6 Å². The second kappa shape index (κ2) is 3.61. The zero-order valence-electron chi connectivity index (χ0n) is 8.34. The third-order valence-corrected chi connectivity index (χ3v) is 2.66. The molecule has 0 aliphatic rings. The molecule has 16 heavy (non-hydrogen) atoms. The Bertz CT molecular complexity index is 628. The first-order chi connectivity index (χ1) is 7.84. The lowest BCUT2D eigenvalue weighted by Crippen LogP contribution is -1.87. The van der Waals surface area contributed by atoms with Gasteiger partial charge in [-0.1, -0.05) is 17.7 Å². The fourth-order valence-corrected chi connectivity index (χ4v) is 1.79. The predicted octanol–water partition coefficient (Wildman–Crippen LogP) is 3.05. The summed E-state index contributed by atoms with van der Waals surface area (Å²) in [7, 11) is 0. The third-order valence-electron chi connectivity index (χ3n) is 2.44. The molecule has 78 valence electrons. The number of aromatic nitrogens is 3. The van der Waals surface area contributed by atoms with Gasteiger partial charge in [-0.15, -0.1) is 0 Å². The van der Waals surface area contributed by atoms with Crippen LogP contribution in [0.1, 0.15) is 0 Å². The molecule has 3 heterocycles. The van der Waals surface area contributed by atoms with Crippen LogP contribution in [0, 0.1) is 0 Å². The van der Waals surface area contributed by atoms with Crippen LogP contribution in [0.2, 0.25) is 5.15 Å². The molecule has 0 amide bonds. The van der Waals surface area contributed by atoms with Crippen molar-refractivity contribution in [2.45, 2.75) is 0 Å². The molecule has 0 N–H and O–H groups in total. The van der Waals surface area contributed by atoms with E-state index in [0.717, 1.165) is 16.9 Å². The van der Waals surface area contributed by atoms with Crippen LogP contribution in [-0.2, 0) is 0 Å². The lowest BCUT2D eigenvalue weighted by molar-refractivity contribution is 1.18. The third kappa shape index (κ3) is 1.46. The van der Waals surface area contributed by atoms with Gasteiger partial charge < -0.3 is 0 Å². The van der Waals surface area contributed by atoms with Crippen molar-refractivity contribution in [2.24, 2.45) is 0 Å². The maximum absolute atomic E-state index is 5.76. The maximum atomic E-state index is 5.76. The zero-order valence-corrected chi connectivity index (χ0v) is 9.09. The van der Waals surface area contributed by atoms with E-state index >= 15 is 0 Å². The average molecular weight is 230 g/mol. The summed E-state index contributed by atoms with van der Waals surface area (Å²) in [6.45, 7) is 0. The predicted molar refractivity (Wildman–Crippen MR) is 63.4 cm³/mol. The molecule has 0 spiro atoms. The number of imidazole rings is 1. The second-order valence-corrected chi connectivity index (χ2v) is 3.83. The summed E-state index contributed by atoms with van der Waals surface area (Å²) in [6.07, 6.45) is 5.56. The Morgan fingerprint density at radius 2 is 1.94 bits per heavy atom. The van der Waals surface area contributed by atoms with Crippen molar-refractivity contribution in [3.63, 3.8) is 0 Å². The minimum Gasteiger partial charge on any atom is -0.300 e. The summed E-state index contributed by atoms with van der Waals surface area (Å²) >= 11 is 5.76. The van der Waals surface area contributed by atoms with E-state index in [0.29, 0.717) is 5.15 Å². The SMILES string of the molecule is Clc1ccc(-c2cnc3ccccn23)cn1. The van der Waals surface area contributed by atoms with Crippen molar-refractivity contribution in [3.05, 3.63) is 54.1 Å². The molecule has 3 nitrogen and oxygen atoms in total. The second-order valence-electron chi connectivity index (χ2n) is 3.44. The quantitative estimate of drug-likeness (QED) is 0.601. The molecule has 0 radical (unpaired) electrons.